The molecule has 0 saturated heterocycles. The Bertz CT molecular complexity index is 5080. The third-order valence-electron chi connectivity index (χ3n) is 24.2. The van der Waals surface area contributed by atoms with Gasteiger partial charge in [-0.1, -0.05) is 48.5 Å². The molecule has 0 aliphatic heterocycles. The van der Waals surface area contributed by atoms with E-state index in [2.05, 4.69) is 106 Å². The maximum Gasteiger partial charge on any atom is 0.243 e. The van der Waals surface area contributed by atoms with Gasteiger partial charge in [0, 0.05) is 80.0 Å². The zero-order valence-corrected chi connectivity index (χ0v) is 84.0. The lowest BCUT2D eigenvalue weighted by atomic mass is 10.0. The second-order valence-corrected chi connectivity index (χ2v) is 36.2. The summed E-state index contributed by atoms with van der Waals surface area (Å²) in [6.07, 6.45) is 6.80. The second-order valence-electron chi connectivity index (χ2n) is 36.2. The Morgan fingerprint density at radius 2 is 0.507 bits per heavy atom. The number of hydrogen-bond donors (Lipinski definition) is 34. The van der Waals surface area contributed by atoms with Crippen molar-refractivity contribution in [3.8, 4) is 5.75 Å². The van der Waals surface area contributed by atoms with Gasteiger partial charge in [-0.3, -0.25) is 92.9 Å². The van der Waals surface area contributed by atoms with Crippen LogP contribution in [0, 0.1) is 16.2 Å². The highest BCUT2D eigenvalue weighted by molar-refractivity contribution is 6.02. The van der Waals surface area contributed by atoms with Crippen molar-refractivity contribution < 1.29 is 81.8 Å². The van der Waals surface area contributed by atoms with Crippen LogP contribution in [-0.2, 0) is 96.0 Å². The number of hydrogen-bond acceptors (Lipinski definition) is 26. The molecule has 0 saturated carbocycles. The second kappa shape index (κ2) is 66.5. The molecule has 0 radical (unpaired) electrons. The van der Waals surface area contributed by atoms with Gasteiger partial charge in [-0.2, -0.15) is 0 Å². The fourth-order valence-corrected chi connectivity index (χ4v) is 16.0. The summed E-state index contributed by atoms with van der Waals surface area (Å²) in [5.74, 6) is -14.7. The van der Waals surface area contributed by atoms with Gasteiger partial charge in [0.15, 0.2) is 17.9 Å². The van der Waals surface area contributed by atoms with Crippen LogP contribution < -0.4 is 153 Å². The third-order valence-corrected chi connectivity index (χ3v) is 24.2. The minimum Gasteiger partial charge on any atom is -0.508 e. The van der Waals surface area contributed by atoms with Crippen LogP contribution in [0.25, 0.3) is 21.8 Å². The first kappa shape index (κ1) is 122. The minimum atomic E-state index is -1.54. The Morgan fingerprint density at radius 3 is 0.753 bits per heavy atom. The molecule has 3 aromatic carbocycles. The molecular weight excluding hydrogens is 1890 g/mol. The van der Waals surface area contributed by atoms with E-state index >= 15 is 19.2 Å². The highest BCUT2D eigenvalue weighted by atomic mass is 16.3. The molecule has 15 atom stereocenters. The van der Waals surface area contributed by atoms with Crippen LogP contribution in [0.3, 0.4) is 0 Å². The lowest BCUT2D eigenvalue weighted by Gasteiger charge is -2.28. The van der Waals surface area contributed by atoms with Crippen molar-refractivity contribution in [3.05, 3.63) is 102 Å². The molecule has 0 aliphatic carbocycles. The predicted molar refractivity (Wildman–Crippen MR) is 552 cm³/mol. The van der Waals surface area contributed by atoms with E-state index in [1.165, 1.54) is 52.0 Å². The van der Waals surface area contributed by atoms with Crippen molar-refractivity contribution in [3.63, 3.8) is 0 Å². The number of nitrogens with two attached hydrogens (primary N) is 10. The number of primary amides is 1. The van der Waals surface area contributed by atoms with Gasteiger partial charge in [0.25, 0.3) is 0 Å². The number of para-hydroxylation sites is 2. The van der Waals surface area contributed by atoms with Crippen LogP contribution in [0.1, 0.15) is 198 Å². The molecule has 0 fully saturated rings. The first-order chi connectivity index (χ1) is 69.7. The topological polar surface area (TPSA) is 873 Å². The maximum atomic E-state index is 15.2. The summed E-state index contributed by atoms with van der Waals surface area (Å²) in [6, 6.07) is -0.941. The van der Waals surface area contributed by atoms with Crippen molar-refractivity contribution in [1.29, 1.82) is 16.2 Å². The number of carbonyl (C=O) groups excluding carboxylic acids is 16. The maximum absolute atomic E-state index is 15.2. The number of rotatable bonds is 72. The number of phenols is 1. The summed E-state index contributed by atoms with van der Waals surface area (Å²) in [6.45, 7) is 6.61. The van der Waals surface area contributed by atoms with Gasteiger partial charge in [0.05, 0.1) is 0 Å². The summed E-state index contributed by atoms with van der Waals surface area (Å²) in [5, 5.41) is 82.8. The van der Waals surface area contributed by atoms with E-state index in [0.29, 0.717) is 103 Å². The van der Waals surface area contributed by atoms with E-state index in [1.807, 2.05) is 0 Å². The Kier molecular flexibility index (Phi) is 55.6. The molecule has 5 aromatic rings. The Labute approximate surface area is 849 Å². The van der Waals surface area contributed by atoms with Crippen molar-refractivity contribution in [2.24, 2.45) is 57.3 Å². The molecular formula is C96H157N33O17. The van der Waals surface area contributed by atoms with E-state index in [0.717, 1.165) is 0 Å². The van der Waals surface area contributed by atoms with Crippen LogP contribution in [0.15, 0.2) is 85.2 Å². The van der Waals surface area contributed by atoms with Crippen LogP contribution in [-0.4, -0.2) is 277 Å². The van der Waals surface area contributed by atoms with E-state index in [4.69, 9.17) is 73.6 Å². The molecule has 0 bridgehead atoms. The number of aromatic hydroxyl groups is 1. The first-order valence-corrected chi connectivity index (χ1v) is 49.9. The summed E-state index contributed by atoms with van der Waals surface area (Å²) in [5.41, 5.74) is 60.7. The van der Waals surface area contributed by atoms with Gasteiger partial charge < -0.3 is 168 Å². The average molecular weight is 2050 g/mol. The summed E-state index contributed by atoms with van der Waals surface area (Å²) in [4.78, 5) is 237. The van der Waals surface area contributed by atoms with Gasteiger partial charge in [0.2, 0.25) is 94.5 Å². The lowest BCUT2D eigenvalue weighted by Crippen LogP contribution is -2.61. The normalized spacial score (nSPS) is 14.2. The zero-order valence-electron chi connectivity index (χ0n) is 84.0. The molecule has 146 heavy (non-hydrogen) atoms. The lowest BCUT2D eigenvalue weighted by molar-refractivity contribution is -0.136. The summed E-state index contributed by atoms with van der Waals surface area (Å²) >= 11 is 0. The number of H-pyrrole nitrogens is 2. The number of nitrogens with one attached hydrogen (secondary N) is 23. The highest BCUT2D eigenvalue weighted by Gasteiger charge is 2.39. The number of aromatic nitrogens is 2. The molecule has 50 heteroatoms. The van der Waals surface area contributed by atoms with E-state index in [1.54, 1.807) is 60.9 Å². The molecule has 2 aromatic heterocycles. The molecule has 2 heterocycles. The van der Waals surface area contributed by atoms with E-state index in [-0.39, 0.29) is 180 Å². The van der Waals surface area contributed by atoms with Gasteiger partial charge in [-0.05, 0) is 255 Å². The fourth-order valence-electron chi connectivity index (χ4n) is 16.0. The molecule has 5 rings (SSSR count). The number of fused-ring (bicyclic) bond motifs is 2. The summed E-state index contributed by atoms with van der Waals surface area (Å²) < 4.78 is 0. The standard InChI is InChI=1S/C96H157N33O17/c1-55(80(133)127-76(79(103)132)50-59-37-39-62(131)40-38-59)115-83(136)68(29-10-16-42-98)120-90(143)74(35-22-48-111-95(106)107)123-87(140)71(32-13-19-45-101)125-93(146)78(52-61-54-114-66-27-8-6-25-64(61)66)129-82(135)57(3)117-85(138)70(31-12-18-44-100)121-91(144)75(36-23-49-112-96(108)109)124-88(141)72(33-14-20-46-102)126-92(145)77(51-60-53-113-65-26-7-5-24-63(60)65)128-81(134)56(2)116-84(137)69(30-11-17-43-99)119-89(142)73(34-21-47-110-94(104)105)122-86(139)67(118-58(4)130)28-9-15-41-97/h5-8,24-27,37-40,53-57,67-78,113-114,131H,9-23,28-36,41-52,97-102H2,1-4H3,(H2,103,132)(H,115,136)(H,116,137)(H,117,138)(H,118,130)(H,119,142)(H,120,143)(H,121,144)(H,122,139)(H,123,140)(H,124,141)(H,125,146)(H,126,145)(H,127,133)(H,128,134)(H,129,135)(H4,104,105,110)(H4,106,107,111)(H4,108,109,112)/t55-,56-,57-,67-,68-,69-,70-,71-,72-,73-,74-,75-,76-,77-,78-/m0/s1. The van der Waals surface area contributed by atoms with Crippen LogP contribution in [0.4, 0.5) is 0 Å². The number of unbranched alkanes of at least 4 members (excludes halogenated alkanes) is 6. The molecule has 0 spiro atoms. The number of phenolic OH excluding ortho intramolecular Hbond substituents is 1. The van der Waals surface area contributed by atoms with Gasteiger partial charge >= 0.3 is 0 Å². The van der Waals surface area contributed by atoms with Gasteiger partial charge in [0.1, 0.15) is 96.4 Å². The van der Waals surface area contributed by atoms with E-state index in [9.17, 15) is 62.6 Å². The SMILES string of the molecule is CC(=O)N[C@@H](CCCCN)C(=O)N[C@@H](CCCNC(=N)N)C(=O)N[C@@H](CCCCN)C(=O)N[C@@H](C)C(=O)N[C@@H](Cc1c[nH]c2ccccc12)C(=O)N[C@@H](CCCCN)C(=O)N[C@@H](CCCNC(=N)N)C(=O)N[C@@H](CCCCN)C(=O)N[C@@H](C)C(=O)N[C@@H](Cc1c[nH]c2ccccc12)C(=O)N[C@@H](CCCCN)C(=O)N[C@@H](CCCNC(=N)N)C(=O)N[C@@H](CCCCN)C(=O)N[C@@H](C)C(=O)N[C@@H](Cc1ccc(O)cc1)C(N)=O. The minimum absolute atomic E-state index is 0.000722. The van der Waals surface area contributed by atoms with Crippen molar-refractivity contribution >= 4 is 134 Å². The smallest absolute Gasteiger partial charge is 0.243 e. The largest absolute Gasteiger partial charge is 0.508 e. The zero-order chi connectivity index (χ0) is 108. The number of guanidine groups is 3. The average Bonchev–Trinajstić information content (AvgIpc) is 1.67. The molecule has 50 nitrogen and oxygen atoms in total. The fraction of sp³-hybridized carbons (Fsp3) is 0.573. The molecule has 16 amide bonds. The number of benzene rings is 3. The quantitative estimate of drug-likeness (QED) is 0.00983. The molecule has 44 N–H and O–H groups in total. The summed E-state index contributed by atoms with van der Waals surface area (Å²) in [7, 11) is 0. The van der Waals surface area contributed by atoms with Crippen LogP contribution in [0.5, 0.6) is 5.75 Å². The first-order valence-electron chi connectivity index (χ1n) is 49.9. The van der Waals surface area contributed by atoms with Gasteiger partial charge in [-0.25, -0.2) is 0 Å². The number of aromatic amines is 2. The molecule has 0 aliphatic rings. The number of amides is 16. The third kappa shape index (κ3) is 44.9. The van der Waals surface area contributed by atoms with Crippen molar-refractivity contribution in [1.82, 2.24) is 106 Å². The highest BCUT2D eigenvalue weighted by Crippen LogP contribution is 2.23. The molecule has 808 valence electrons. The van der Waals surface area contributed by atoms with Gasteiger partial charge in [-0.15, -0.1) is 0 Å². The monoisotopic (exact) mass is 2040 g/mol. The predicted octanol–water partition coefficient (Wildman–Crippen LogP) is -5.22. The Hall–Kier alpha value is -14.4. The van der Waals surface area contributed by atoms with Crippen molar-refractivity contribution in [2.45, 2.75) is 292 Å². The Morgan fingerprint density at radius 1 is 0.281 bits per heavy atom. The van der Waals surface area contributed by atoms with Crippen molar-refractivity contribution in [2.75, 3.05) is 58.9 Å². The number of carbonyl (C=O) groups is 16. The van der Waals surface area contributed by atoms with Crippen LogP contribution >= 0.6 is 0 Å². The molecule has 0 unspecified atom stereocenters. The van der Waals surface area contributed by atoms with Crippen LogP contribution in [0.2, 0.25) is 0 Å². The van der Waals surface area contributed by atoms with E-state index < -0.39 is 197 Å². The Balaban J connectivity index is 1.44.